The second-order valence-corrected chi connectivity index (χ2v) is 4.55. The third kappa shape index (κ3) is 2.59. The molecule has 0 aromatic heterocycles. The predicted molar refractivity (Wildman–Crippen MR) is 42.0 cm³/mol. The molecule has 1 nitrogen and oxygen atoms in total. The Morgan fingerprint density at radius 3 is 2.78 bits per heavy atom. The molecule has 1 aliphatic rings. The van der Waals surface area contributed by atoms with Crippen molar-refractivity contribution < 1.29 is 4.74 Å². The van der Waals surface area contributed by atoms with E-state index in [1.807, 2.05) is 11.8 Å². The van der Waals surface area contributed by atoms with Gasteiger partial charge in [-0.25, -0.2) is 0 Å². The van der Waals surface area contributed by atoms with Crippen LogP contribution in [0.4, 0.5) is 0 Å². The van der Waals surface area contributed by atoms with Gasteiger partial charge in [-0.05, 0) is 11.7 Å². The van der Waals surface area contributed by atoms with Gasteiger partial charge in [0.1, 0.15) is 0 Å². The first-order valence-electron chi connectivity index (χ1n) is 3.52. The smallest absolute Gasteiger partial charge is 0.0585 e. The van der Waals surface area contributed by atoms with Crippen LogP contribution in [0.15, 0.2) is 0 Å². The largest absolute Gasteiger partial charge is 0.380 e. The maximum atomic E-state index is 5.24. The molecule has 2 heteroatoms. The Morgan fingerprint density at radius 1 is 1.56 bits per heavy atom. The van der Waals surface area contributed by atoms with E-state index in [1.165, 1.54) is 6.42 Å². The average Bonchev–Trinajstić information content (AvgIpc) is 2.15. The fourth-order valence-corrected chi connectivity index (χ4v) is 2.18. The lowest BCUT2D eigenvalue weighted by atomic mass is 10.4. The summed E-state index contributed by atoms with van der Waals surface area (Å²) in [6.45, 7) is 6.43. The summed E-state index contributed by atoms with van der Waals surface area (Å²) < 4.78 is 5.24. The van der Waals surface area contributed by atoms with Crippen molar-refractivity contribution in [3.63, 3.8) is 0 Å². The topological polar surface area (TPSA) is 9.23 Å². The minimum Gasteiger partial charge on any atom is -0.380 e. The van der Waals surface area contributed by atoms with Crippen LogP contribution in [0, 0.1) is 0 Å². The molecule has 54 valence electrons. The SMILES string of the molecule is CC(C)S[C@@H]1CCOC1. The standard InChI is InChI=1S/C7H14OS/c1-6(2)9-7-3-4-8-5-7/h6-7H,3-5H2,1-2H3/t7-/m1/s1. The second kappa shape index (κ2) is 3.47. The Hall–Kier alpha value is 0.310. The zero-order valence-electron chi connectivity index (χ0n) is 6.09. The third-order valence-corrected chi connectivity index (χ3v) is 2.65. The van der Waals surface area contributed by atoms with E-state index in [0.29, 0.717) is 0 Å². The number of hydrogen-bond donors (Lipinski definition) is 0. The highest BCUT2D eigenvalue weighted by Gasteiger charge is 2.16. The summed E-state index contributed by atoms with van der Waals surface area (Å²) >= 11 is 2.04. The van der Waals surface area contributed by atoms with Gasteiger partial charge in [0.05, 0.1) is 6.61 Å². The molecule has 0 aromatic rings. The number of thioether (sulfide) groups is 1. The summed E-state index contributed by atoms with van der Waals surface area (Å²) in [5, 5.41) is 1.54. The van der Waals surface area contributed by atoms with Gasteiger partial charge in [0, 0.05) is 11.9 Å². The molecule has 1 rings (SSSR count). The lowest BCUT2D eigenvalue weighted by Gasteiger charge is -2.08. The van der Waals surface area contributed by atoms with Crippen molar-refractivity contribution in [3.05, 3.63) is 0 Å². The fraction of sp³-hybridized carbons (Fsp3) is 1.00. The van der Waals surface area contributed by atoms with E-state index >= 15 is 0 Å². The van der Waals surface area contributed by atoms with Crippen molar-refractivity contribution in [2.75, 3.05) is 13.2 Å². The minimum atomic E-state index is 0.761. The van der Waals surface area contributed by atoms with Crippen LogP contribution in [-0.4, -0.2) is 23.7 Å². The van der Waals surface area contributed by atoms with Gasteiger partial charge in [-0.3, -0.25) is 0 Å². The van der Waals surface area contributed by atoms with Crippen LogP contribution in [0.25, 0.3) is 0 Å². The Bertz CT molecular complexity index is 77.0. The van der Waals surface area contributed by atoms with Crippen molar-refractivity contribution in [2.24, 2.45) is 0 Å². The van der Waals surface area contributed by atoms with Crippen molar-refractivity contribution in [1.29, 1.82) is 0 Å². The zero-order valence-corrected chi connectivity index (χ0v) is 6.91. The number of hydrogen-bond acceptors (Lipinski definition) is 2. The van der Waals surface area contributed by atoms with Crippen LogP contribution < -0.4 is 0 Å². The zero-order chi connectivity index (χ0) is 6.69. The van der Waals surface area contributed by atoms with Crippen LogP contribution in [0.3, 0.4) is 0 Å². The lowest BCUT2D eigenvalue weighted by molar-refractivity contribution is 0.199. The van der Waals surface area contributed by atoms with Gasteiger partial charge < -0.3 is 4.74 Å². The van der Waals surface area contributed by atoms with Crippen LogP contribution in [0.5, 0.6) is 0 Å². The molecule has 1 fully saturated rings. The van der Waals surface area contributed by atoms with Crippen molar-refractivity contribution >= 4 is 11.8 Å². The van der Waals surface area contributed by atoms with E-state index in [1.54, 1.807) is 0 Å². The third-order valence-electron chi connectivity index (χ3n) is 1.35. The molecule has 0 aliphatic carbocycles. The molecule has 0 radical (unpaired) electrons. The summed E-state index contributed by atoms with van der Waals surface area (Å²) in [6, 6.07) is 0. The first kappa shape index (κ1) is 7.42. The number of rotatable bonds is 2. The lowest BCUT2D eigenvalue weighted by Crippen LogP contribution is -2.04. The van der Waals surface area contributed by atoms with E-state index in [4.69, 9.17) is 4.74 Å². The van der Waals surface area contributed by atoms with Gasteiger partial charge >= 0.3 is 0 Å². The van der Waals surface area contributed by atoms with Gasteiger partial charge in [0.25, 0.3) is 0 Å². The van der Waals surface area contributed by atoms with E-state index in [2.05, 4.69) is 13.8 Å². The maximum Gasteiger partial charge on any atom is 0.0585 e. The van der Waals surface area contributed by atoms with E-state index in [-0.39, 0.29) is 0 Å². The molecule has 0 bridgehead atoms. The summed E-state index contributed by atoms with van der Waals surface area (Å²) in [4.78, 5) is 0. The van der Waals surface area contributed by atoms with Crippen molar-refractivity contribution in [3.8, 4) is 0 Å². The van der Waals surface area contributed by atoms with E-state index in [9.17, 15) is 0 Å². The summed E-state index contributed by atoms with van der Waals surface area (Å²) in [6.07, 6.45) is 1.25. The molecule has 0 amide bonds. The van der Waals surface area contributed by atoms with Crippen LogP contribution in [0.2, 0.25) is 0 Å². The van der Waals surface area contributed by atoms with Crippen molar-refractivity contribution in [2.45, 2.75) is 30.8 Å². The van der Waals surface area contributed by atoms with Gasteiger partial charge in [-0.15, -0.1) is 0 Å². The highest BCUT2D eigenvalue weighted by molar-refractivity contribution is 8.00. The number of ether oxygens (including phenoxy) is 1. The molecule has 0 N–H and O–H groups in total. The fourth-order valence-electron chi connectivity index (χ4n) is 1.01. The highest BCUT2D eigenvalue weighted by atomic mass is 32.2. The molecule has 1 aliphatic heterocycles. The maximum absolute atomic E-state index is 5.24. The normalized spacial score (nSPS) is 27.7. The molecule has 1 saturated heterocycles. The highest BCUT2D eigenvalue weighted by Crippen LogP contribution is 2.23. The molecule has 0 unspecified atom stereocenters. The van der Waals surface area contributed by atoms with Gasteiger partial charge in [-0.2, -0.15) is 11.8 Å². The van der Waals surface area contributed by atoms with E-state index < -0.39 is 0 Å². The van der Waals surface area contributed by atoms with Crippen LogP contribution in [-0.2, 0) is 4.74 Å². The predicted octanol–water partition coefficient (Wildman–Crippen LogP) is 1.92. The molecule has 0 saturated carbocycles. The van der Waals surface area contributed by atoms with Gasteiger partial charge in [0.15, 0.2) is 0 Å². The molecule has 1 atom stereocenters. The molecular weight excluding hydrogens is 132 g/mol. The summed E-state index contributed by atoms with van der Waals surface area (Å²) in [5.41, 5.74) is 0. The first-order chi connectivity index (χ1) is 4.29. The molecule has 0 aromatic carbocycles. The second-order valence-electron chi connectivity index (χ2n) is 2.67. The minimum absolute atomic E-state index is 0.761. The molecule has 0 spiro atoms. The van der Waals surface area contributed by atoms with Gasteiger partial charge in [-0.1, -0.05) is 13.8 Å². The van der Waals surface area contributed by atoms with Gasteiger partial charge in [0.2, 0.25) is 0 Å². The molecule has 9 heavy (non-hydrogen) atoms. The quantitative estimate of drug-likeness (QED) is 0.588. The van der Waals surface area contributed by atoms with Crippen molar-refractivity contribution in [1.82, 2.24) is 0 Å². The molecule has 1 heterocycles. The summed E-state index contributed by atoms with van der Waals surface area (Å²) in [5.74, 6) is 0. The average molecular weight is 146 g/mol. The summed E-state index contributed by atoms with van der Waals surface area (Å²) in [7, 11) is 0. The monoisotopic (exact) mass is 146 g/mol. The van der Waals surface area contributed by atoms with Crippen LogP contribution >= 0.6 is 11.8 Å². The Labute approximate surface area is 61.2 Å². The Balaban J connectivity index is 2.11. The Morgan fingerprint density at radius 2 is 2.33 bits per heavy atom. The van der Waals surface area contributed by atoms with Crippen LogP contribution in [0.1, 0.15) is 20.3 Å². The van der Waals surface area contributed by atoms with E-state index in [0.717, 1.165) is 23.7 Å². The molecular formula is C7H14OS. The Kier molecular flexibility index (Phi) is 2.86. The first-order valence-corrected chi connectivity index (χ1v) is 4.46.